The van der Waals surface area contributed by atoms with Crippen LogP contribution in [-0.4, -0.2) is 16.0 Å². The van der Waals surface area contributed by atoms with Gasteiger partial charge in [0, 0.05) is 17.6 Å². The lowest BCUT2D eigenvalue weighted by molar-refractivity contribution is 0.713. The molecule has 1 heterocycles. The van der Waals surface area contributed by atoms with Crippen molar-refractivity contribution in [2.24, 2.45) is 7.05 Å². The van der Waals surface area contributed by atoms with Crippen LogP contribution >= 0.6 is 23.4 Å². The monoisotopic (exact) mass is 281 g/mol. The van der Waals surface area contributed by atoms with E-state index in [2.05, 4.69) is 28.8 Å². The Bertz CT molecular complexity index is 551. The number of benzene rings is 1. The fraction of sp³-hybridized carbons (Fsp3) is 0.308. The number of rotatable bonds is 4. The third kappa shape index (κ3) is 2.65. The van der Waals surface area contributed by atoms with Crippen molar-refractivity contribution in [1.29, 1.82) is 0 Å². The van der Waals surface area contributed by atoms with Crippen molar-refractivity contribution in [3.63, 3.8) is 0 Å². The van der Waals surface area contributed by atoms with Gasteiger partial charge in [-0.2, -0.15) is 5.10 Å². The molecule has 1 aromatic heterocycles. The lowest BCUT2D eigenvalue weighted by Gasteiger charge is -2.10. The first-order valence-electron chi connectivity index (χ1n) is 5.68. The van der Waals surface area contributed by atoms with Gasteiger partial charge in [-0.1, -0.05) is 23.7 Å². The number of thioether (sulfide) groups is 1. The topological polar surface area (TPSA) is 29.9 Å². The van der Waals surface area contributed by atoms with Gasteiger partial charge in [-0.25, -0.2) is 0 Å². The minimum atomic E-state index is 0.674. The Morgan fingerprint density at radius 1 is 1.39 bits per heavy atom. The lowest BCUT2D eigenvalue weighted by atomic mass is 10.3. The van der Waals surface area contributed by atoms with Crippen LogP contribution in [0.1, 0.15) is 11.4 Å². The summed E-state index contributed by atoms with van der Waals surface area (Å²) in [6.07, 6.45) is 2.07. The Morgan fingerprint density at radius 2 is 2.11 bits per heavy atom. The summed E-state index contributed by atoms with van der Waals surface area (Å²) in [5, 5.41) is 8.46. The maximum Gasteiger partial charge on any atom is 0.0865 e. The number of anilines is 1. The first-order valence-corrected chi connectivity index (χ1v) is 7.28. The SMILES string of the molecule is CSc1ccccc1NCc1c(Cl)c(C)nn1C. The van der Waals surface area contributed by atoms with Gasteiger partial charge in [-0.05, 0) is 25.3 Å². The Balaban J connectivity index is 2.16. The third-order valence-corrected chi connectivity index (χ3v) is 4.10. The van der Waals surface area contributed by atoms with Gasteiger partial charge in [-0.3, -0.25) is 4.68 Å². The van der Waals surface area contributed by atoms with E-state index in [4.69, 9.17) is 11.6 Å². The number of para-hydroxylation sites is 1. The van der Waals surface area contributed by atoms with E-state index in [0.29, 0.717) is 6.54 Å². The zero-order valence-corrected chi connectivity index (χ0v) is 12.3. The molecule has 2 aromatic rings. The second-order valence-corrected chi connectivity index (χ2v) is 5.25. The predicted octanol–water partition coefficient (Wildman–Crippen LogP) is 3.72. The standard InChI is InChI=1S/C13H16ClN3S/c1-9-13(14)11(17(2)16-9)8-15-10-6-4-5-7-12(10)18-3/h4-7,15H,8H2,1-3H3. The minimum absolute atomic E-state index is 0.674. The van der Waals surface area contributed by atoms with Crippen LogP contribution in [0.4, 0.5) is 5.69 Å². The Kier molecular flexibility index (Phi) is 4.19. The van der Waals surface area contributed by atoms with Gasteiger partial charge < -0.3 is 5.32 Å². The van der Waals surface area contributed by atoms with Crippen LogP contribution in [0.2, 0.25) is 5.02 Å². The van der Waals surface area contributed by atoms with Crippen LogP contribution in [-0.2, 0) is 13.6 Å². The number of nitrogens with one attached hydrogen (secondary N) is 1. The van der Waals surface area contributed by atoms with E-state index in [1.54, 1.807) is 11.8 Å². The highest BCUT2D eigenvalue weighted by molar-refractivity contribution is 7.98. The van der Waals surface area contributed by atoms with Crippen molar-refractivity contribution in [2.75, 3.05) is 11.6 Å². The van der Waals surface area contributed by atoms with Gasteiger partial charge in [0.25, 0.3) is 0 Å². The Labute approximate surface area is 117 Å². The van der Waals surface area contributed by atoms with Gasteiger partial charge in [0.2, 0.25) is 0 Å². The number of nitrogens with zero attached hydrogens (tertiary/aromatic N) is 2. The average Bonchev–Trinajstić information content (AvgIpc) is 2.62. The van der Waals surface area contributed by atoms with E-state index >= 15 is 0 Å². The maximum absolute atomic E-state index is 6.23. The minimum Gasteiger partial charge on any atom is -0.378 e. The molecule has 2 rings (SSSR count). The van der Waals surface area contributed by atoms with Crippen LogP contribution in [0.5, 0.6) is 0 Å². The molecule has 0 saturated heterocycles. The summed E-state index contributed by atoms with van der Waals surface area (Å²) in [6.45, 7) is 2.59. The fourth-order valence-corrected chi connectivity index (χ4v) is 2.64. The van der Waals surface area contributed by atoms with Crippen molar-refractivity contribution in [3.05, 3.63) is 40.7 Å². The first kappa shape index (κ1) is 13.3. The molecule has 0 spiro atoms. The summed E-state index contributed by atoms with van der Waals surface area (Å²) in [5.74, 6) is 0. The van der Waals surface area contributed by atoms with E-state index in [1.165, 1.54) is 4.90 Å². The molecule has 0 aliphatic heterocycles. The zero-order chi connectivity index (χ0) is 13.1. The largest absolute Gasteiger partial charge is 0.378 e. The molecule has 0 atom stereocenters. The first-order chi connectivity index (χ1) is 8.63. The number of halogens is 1. The molecule has 1 aromatic carbocycles. The number of aromatic nitrogens is 2. The molecule has 5 heteroatoms. The second kappa shape index (κ2) is 5.67. The van der Waals surface area contributed by atoms with Crippen LogP contribution < -0.4 is 5.32 Å². The maximum atomic E-state index is 6.23. The molecule has 3 nitrogen and oxygen atoms in total. The Morgan fingerprint density at radius 3 is 2.72 bits per heavy atom. The van der Waals surface area contributed by atoms with Crippen molar-refractivity contribution in [2.45, 2.75) is 18.4 Å². The molecule has 96 valence electrons. The summed E-state index contributed by atoms with van der Waals surface area (Å²) < 4.78 is 1.83. The molecular formula is C13H16ClN3S. The summed E-state index contributed by atoms with van der Waals surface area (Å²) in [7, 11) is 1.91. The van der Waals surface area contributed by atoms with Gasteiger partial charge in [0.1, 0.15) is 0 Å². The molecule has 0 aliphatic carbocycles. The van der Waals surface area contributed by atoms with Crippen LogP contribution in [0.15, 0.2) is 29.2 Å². The highest BCUT2D eigenvalue weighted by Crippen LogP contribution is 2.26. The van der Waals surface area contributed by atoms with E-state index in [0.717, 1.165) is 22.1 Å². The highest BCUT2D eigenvalue weighted by atomic mass is 35.5. The second-order valence-electron chi connectivity index (χ2n) is 4.02. The lowest BCUT2D eigenvalue weighted by Crippen LogP contribution is -2.06. The van der Waals surface area contributed by atoms with Crippen LogP contribution in [0.25, 0.3) is 0 Å². The third-order valence-electron chi connectivity index (χ3n) is 2.81. The summed E-state index contributed by atoms with van der Waals surface area (Å²) in [5.41, 5.74) is 3.00. The molecule has 0 saturated carbocycles. The van der Waals surface area contributed by atoms with E-state index < -0.39 is 0 Å². The van der Waals surface area contributed by atoms with Gasteiger partial charge in [0.05, 0.1) is 23.0 Å². The van der Waals surface area contributed by atoms with Gasteiger partial charge in [-0.15, -0.1) is 11.8 Å². The van der Waals surface area contributed by atoms with Crippen LogP contribution in [0, 0.1) is 6.92 Å². The zero-order valence-electron chi connectivity index (χ0n) is 10.7. The molecule has 0 amide bonds. The summed E-state index contributed by atoms with van der Waals surface area (Å²) >= 11 is 7.95. The molecule has 0 radical (unpaired) electrons. The molecule has 18 heavy (non-hydrogen) atoms. The van der Waals surface area contributed by atoms with E-state index in [-0.39, 0.29) is 0 Å². The molecular weight excluding hydrogens is 266 g/mol. The van der Waals surface area contributed by atoms with E-state index in [1.807, 2.05) is 30.8 Å². The molecule has 0 bridgehead atoms. The van der Waals surface area contributed by atoms with Gasteiger partial charge in [0.15, 0.2) is 0 Å². The van der Waals surface area contributed by atoms with Crippen molar-refractivity contribution < 1.29 is 0 Å². The molecule has 0 unspecified atom stereocenters. The smallest absolute Gasteiger partial charge is 0.0865 e. The number of aryl methyl sites for hydroxylation is 2. The van der Waals surface area contributed by atoms with Gasteiger partial charge >= 0.3 is 0 Å². The van der Waals surface area contributed by atoms with E-state index in [9.17, 15) is 0 Å². The van der Waals surface area contributed by atoms with Crippen molar-refractivity contribution >= 4 is 29.1 Å². The quantitative estimate of drug-likeness (QED) is 0.867. The van der Waals surface area contributed by atoms with Crippen molar-refractivity contribution in [1.82, 2.24) is 9.78 Å². The normalized spacial score (nSPS) is 10.7. The van der Waals surface area contributed by atoms with Crippen LogP contribution in [0.3, 0.4) is 0 Å². The fourth-order valence-electron chi connectivity index (χ4n) is 1.84. The number of hydrogen-bond donors (Lipinski definition) is 1. The molecule has 0 fully saturated rings. The molecule has 1 N–H and O–H groups in total. The average molecular weight is 282 g/mol. The highest BCUT2D eigenvalue weighted by Gasteiger charge is 2.11. The number of hydrogen-bond acceptors (Lipinski definition) is 3. The van der Waals surface area contributed by atoms with Crippen molar-refractivity contribution in [3.8, 4) is 0 Å². The summed E-state index contributed by atoms with van der Waals surface area (Å²) in [6, 6.07) is 8.24. The Hall–Kier alpha value is -1.13. The molecule has 0 aliphatic rings. The predicted molar refractivity (Wildman–Crippen MR) is 78.5 cm³/mol. The summed E-state index contributed by atoms with van der Waals surface area (Å²) in [4.78, 5) is 1.23.